The summed E-state index contributed by atoms with van der Waals surface area (Å²) in [6, 6.07) is 10.3. The lowest BCUT2D eigenvalue weighted by molar-refractivity contribution is -0.112. The van der Waals surface area contributed by atoms with Gasteiger partial charge < -0.3 is 10.0 Å². The van der Waals surface area contributed by atoms with Crippen molar-refractivity contribution in [2.24, 2.45) is 10.2 Å². The number of fused-ring (bicyclic) bond motifs is 1. The summed E-state index contributed by atoms with van der Waals surface area (Å²) in [5, 5.41) is 18.8. The van der Waals surface area contributed by atoms with Crippen molar-refractivity contribution < 1.29 is 9.90 Å². The fourth-order valence-corrected chi connectivity index (χ4v) is 3.18. The average Bonchev–Trinajstić information content (AvgIpc) is 2.88. The van der Waals surface area contributed by atoms with Gasteiger partial charge in [-0.15, -0.1) is 11.7 Å². The summed E-state index contributed by atoms with van der Waals surface area (Å²) in [5.41, 5.74) is 2.43. The number of phenols is 1. The third kappa shape index (κ3) is 3.23. The Morgan fingerprint density at radius 2 is 2.04 bits per heavy atom. The number of halogens is 2. The van der Waals surface area contributed by atoms with Crippen LogP contribution in [0.2, 0.25) is 10.0 Å². The summed E-state index contributed by atoms with van der Waals surface area (Å²) >= 11 is 11.9. The molecule has 0 aliphatic carbocycles. The Hall–Kier alpha value is -2.63. The first-order valence-electron chi connectivity index (χ1n) is 7.76. The third-order valence-electron chi connectivity index (χ3n) is 3.93. The number of anilines is 1. The number of hydrogen-bond acceptors (Lipinski definition) is 4. The van der Waals surface area contributed by atoms with Crippen LogP contribution in [0.15, 0.2) is 59.3 Å². The fourth-order valence-electron chi connectivity index (χ4n) is 2.69. The van der Waals surface area contributed by atoms with Gasteiger partial charge in [0.2, 0.25) is 0 Å². The number of rotatable bonds is 4. The maximum Gasteiger partial charge on any atom is 0.279 e. The molecule has 2 aromatic carbocycles. The zero-order valence-electron chi connectivity index (χ0n) is 13.9. The largest absolute Gasteiger partial charge is 0.506 e. The van der Waals surface area contributed by atoms with Crippen molar-refractivity contribution in [3.8, 4) is 5.75 Å². The zero-order chi connectivity index (χ0) is 18.8. The van der Waals surface area contributed by atoms with Crippen molar-refractivity contribution >= 4 is 46.2 Å². The normalized spacial score (nSPS) is 15.5. The van der Waals surface area contributed by atoms with Crippen molar-refractivity contribution in [3.63, 3.8) is 0 Å². The van der Waals surface area contributed by atoms with Crippen LogP contribution in [0, 0.1) is 0 Å². The molecule has 1 heterocycles. The number of benzene rings is 2. The van der Waals surface area contributed by atoms with Crippen LogP contribution in [0.25, 0.3) is 0 Å². The second-order valence-electron chi connectivity index (χ2n) is 5.64. The van der Waals surface area contributed by atoms with Crippen molar-refractivity contribution in [2.75, 3.05) is 11.4 Å². The summed E-state index contributed by atoms with van der Waals surface area (Å²) in [6.07, 6.45) is 1.65. The topological polar surface area (TPSA) is 65.3 Å². The molecule has 3 rings (SSSR count). The van der Waals surface area contributed by atoms with E-state index in [4.69, 9.17) is 23.2 Å². The number of aromatic hydroxyl groups is 1. The van der Waals surface area contributed by atoms with Gasteiger partial charge in [0.05, 0.1) is 16.4 Å². The van der Waals surface area contributed by atoms with Gasteiger partial charge in [-0.25, -0.2) is 0 Å². The van der Waals surface area contributed by atoms with Gasteiger partial charge in [-0.3, -0.25) is 4.79 Å². The Labute approximate surface area is 160 Å². The highest BCUT2D eigenvalue weighted by molar-refractivity contribution is 6.54. The molecule has 0 unspecified atom stereocenters. The van der Waals surface area contributed by atoms with E-state index < -0.39 is 0 Å². The molecule has 1 amide bonds. The van der Waals surface area contributed by atoms with Crippen LogP contribution in [0.3, 0.4) is 0 Å². The van der Waals surface area contributed by atoms with Crippen molar-refractivity contribution in [1.29, 1.82) is 0 Å². The van der Waals surface area contributed by atoms with Gasteiger partial charge in [0, 0.05) is 22.7 Å². The summed E-state index contributed by atoms with van der Waals surface area (Å²) in [5.74, 6) is -0.389. The van der Waals surface area contributed by atoms with Crippen LogP contribution in [0.4, 0.5) is 5.69 Å². The first-order valence-corrected chi connectivity index (χ1v) is 8.52. The zero-order valence-corrected chi connectivity index (χ0v) is 15.4. The van der Waals surface area contributed by atoms with Gasteiger partial charge in [0.25, 0.3) is 5.91 Å². The summed E-state index contributed by atoms with van der Waals surface area (Å²) < 4.78 is 0. The number of nitrogens with zero attached hydrogens (tertiary/aromatic N) is 3. The fraction of sp³-hybridized carbons (Fsp3) is 0.105. The molecule has 0 radical (unpaired) electrons. The Morgan fingerprint density at radius 1 is 1.31 bits per heavy atom. The lowest BCUT2D eigenvalue weighted by Crippen LogP contribution is -2.30. The molecule has 5 nitrogen and oxygen atoms in total. The number of phenolic OH excluding ortho intramolecular Hbond substituents is 1. The minimum absolute atomic E-state index is 0.120. The maximum atomic E-state index is 12.7. The molecule has 0 atom stereocenters. The van der Waals surface area contributed by atoms with Gasteiger partial charge in [-0.2, -0.15) is 5.10 Å². The van der Waals surface area contributed by atoms with E-state index >= 15 is 0 Å². The van der Waals surface area contributed by atoms with E-state index in [0.717, 1.165) is 5.69 Å². The van der Waals surface area contributed by atoms with E-state index in [2.05, 4.69) is 16.8 Å². The second kappa shape index (κ2) is 7.32. The first-order chi connectivity index (χ1) is 12.4. The molecule has 1 aliphatic heterocycles. The predicted molar refractivity (Wildman–Crippen MR) is 106 cm³/mol. The van der Waals surface area contributed by atoms with E-state index in [0.29, 0.717) is 28.4 Å². The molecular weight excluding hydrogens is 373 g/mol. The van der Waals surface area contributed by atoms with Gasteiger partial charge >= 0.3 is 0 Å². The first kappa shape index (κ1) is 18.2. The highest BCUT2D eigenvalue weighted by atomic mass is 35.5. The Morgan fingerprint density at radius 3 is 2.77 bits per heavy atom. The molecule has 0 aromatic heterocycles. The van der Waals surface area contributed by atoms with E-state index in [1.165, 1.54) is 12.1 Å². The van der Waals surface area contributed by atoms with Crippen molar-refractivity contribution in [3.05, 3.63) is 70.2 Å². The van der Waals surface area contributed by atoms with Crippen molar-refractivity contribution in [1.82, 2.24) is 0 Å². The van der Waals surface area contributed by atoms with Gasteiger partial charge in [-0.05, 0) is 25.1 Å². The van der Waals surface area contributed by atoms with Crippen LogP contribution < -0.4 is 4.90 Å². The lowest BCUT2D eigenvalue weighted by atomic mass is 10.1. The summed E-state index contributed by atoms with van der Waals surface area (Å²) in [6.45, 7) is 5.71. The number of carbonyl (C=O) groups is 1. The summed E-state index contributed by atoms with van der Waals surface area (Å²) in [7, 11) is 0. The van der Waals surface area contributed by atoms with E-state index in [9.17, 15) is 9.90 Å². The molecule has 2 aromatic rings. The molecule has 0 fully saturated rings. The second-order valence-corrected chi connectivity index (χ2v) is 6.48. The number of para-hydroxylation sites is 1. The van der Waals surface area contributed by atoms with E-state index in [1.807, 2.05) is 24.3 Å². The monoisotopic (exact) mass is 387 g/mol. The molecule has 0 bridgehead atoms. The predicted octanol–water partition coefficient (Wildman–Crippen LogP) is 4.44. The summed E-state index contributed by atoms with van der Waals surface area (Å²) in [4.78, 5) is 14.2. The lowest BCUT2D eigenvalue weighted by Gasteiger charge is -2.13. The number of carbonyl (C=O) groups excluding carboxylic acids is 1. The minimum Gasteiger partial charge on any atom is -0.506 e. The number of hydrogen-bond donors (Lipinski definition) is 1. The van der Waals surface area contributed by atoms with E-state index in [1.54, 1.807) is 17.9 Å². The van der Waals surface area contributed by atoms with Crippen LogP contribution in [0.1, 0.15) is 18.1 Å². The molecular formula is C19H15Cl2N3O2. The van der Waals surface area contributed by atoms with Crippen LogP contribution in [-0.2, 0) is 4.79 Å². The Bertz CT molecular complexity index is 967. The smallest absolute Gasteiger partial charge is 0.279 e. The van der Waals surface area contributed by atoms with Crippen molar-refractivity contribution in [2.45, 2.75) is 6.92 Å². The molecule has 0 spiro atoms. The van der Waals surface area contributed by atoms with Crippen LogP contribution >= 0.6 is 23.2 Å². The van der Waals surface area contributed by atoms with E-state index in [-0.39, 0.29) is 22.4 Å². The molecule has 1 aliphatic rings. The van der Waals surface area contributed by atoms with Gasteiger partial charge in [0.15, 0.2) is 5.71 Å². The average molecular weight is 388 g/mol. The quantitative estimate of drug-likeness (QED) is 0.478. The van der Waals surface area contributed by atoms with Crippen LogP contribution in [0.5, 0.6) is 5.75 Å². The molecule has 0 saturated carbocycles. The Balaban J connectivity index is 2.04. The van der Waals surface area contributed by atoms with Gasteiger partial charge in [0.1, 0.15) is 5.75 Å². The highest BCUT2D eigenvalue weighted by Crippen LogP contribution is 2.32. The molecule has 26 heavy (non-hydrogen) atoms. The molecule has 132 valence electrons. The van der Waals surface area contributed by atoms with Crippen LogP contribution in [-0.4, -0.2) is 29.0 Å². The highest BCUT2D eigenvalue weighted by Gasteiger charge is 2.33. The SMILES string of the molecule is C=CCN1C(=O)/C(=N\N=C(/C)c2cc(Cl)cc(Cl)c2O)c2ccccc21. The maximum absolute atomic E-state index is 12.7. The molecule has 7 heteroatoms. The molecule has 0 saturated heterocycles. The Kier molecular flexibility index (Phi) is 5.11. The third-order valence-corrected chi connectivity index (χ3v) is 4.43. The minimum atomic E-state index is -0.254. The van der Waals surface area contributed by atoms with Gasteiger partial charge in [-0.1, -0.05) is 47.5 Å². The standard InChI is InChI=1S/C19H15Cl2N3O2/c1-3-8-24-16-7-5-4-6-13(16)17(19(24)26)23-22-11(2)14-9-12(20)10-15(21)18(14)25/h3-7,9-10,25H,1,8H2,2H3/b22-11+,23-17-. The number of amides is 1. The molecule has 1 N–H and O–H groups in total.